The summed E-state index contributed by atoms with van der Waals surface area (Å²) in [4.78, 5) is 16.3. The number of rotatable bonds is 4. The lowest BCUT2D eigenvalue weighted by atomic mass is 10.1. The van der Waals surface area contributed by atoms with Gasteiger partial charge in [0.05, 0.1) is 11.4 Å². The fourth-order valence-corrected chi connectivity index (χ4v) is 3.14. The monoisotopic (exact) mass is 284 g/mol. The van der Waals surface area contributed by atoms with Gasteiger partial charge < -0.3 is 4.90 Å². The van der Waals surface area contributed by atoms with Crippen molar-refractivity contribution < 1.29 is 0 Å². The molecule has 0 amide bonds. The maximum absolute atomic E-state index is 4.50. The first-order valence-corrected chi connectivity index (χ1v) is 7.54. The summed E-state index contributed by atoms with van der Waals surface area (Å²) in [6.07, 6.45) is 5.36. The minimum atomic E-state index is 0.228. The first-order valence-electron chi connectivity index (χ1n) is 6.66. The van der Waals surface area contributed by atoms with Crippen LogP contribution in [0.2, 0.25) is 0 Å². The Morgan fingerprint density at radius 2 is 2.20 bits per heavy atom. The van der Waals surface area contributed by atoms with Gasteiger partial charge in [0, 0.05) is 18.9 Å². The highest BCUT2D eigenvalue weighted by atomic mass is 32.1. The Labute approximate surface area is 122 Å². The molecule has 0 aromatic carbocycles. The number of pyridine rings is 1. The van der Waals surface area contributed by atoms with Gasteiger partial charge in [-0.25, -0.2) is 9.97 Å². The number of fused-ring (bicyclic) bond motifs is 1. The first-order chi connectivity index (χ1) is 9.81. The second-order valence-electron chi connectivity index (χ2n) is 4.59. The van der Waals surface area contributed by atoms with Gasteiger partial charge in [0.15, 0.2) is 0 Å². The fraction of sp³-hybridized carbons (Fsp3) is 0.267. The van der Waals surface area contributed by atoms with Crippen molar-refractivity contribution in [3.05, 3.63) is 47.9 Å². The van der Waals surface area contributed by atoms with Crippen LogP contribution < -0.4 is 4.90 Å². The molecule has 0 radical (unpaired) electrons. The van der Waals surface area contributed by atoms with Crippen molar-refractivity contribution in [2.75, 3.05) is 11.4 Å². The van der Waals surface area contributed by atoms with Gasteiger partial charge in [0.25, 0.3) is 0 Å². The Morgan fingerprint density at radius 1 is 1.30 bits per heavy atom. The highest BCUT2D eigenvalue weighted by Crippen LogP contribution is 2.31. The number of anilines is 1. The van der Waals surface area contributed by atoms with E-state index in [1.54, 1.807) is 23.9 Å². The molecule has 3 heterocycles. The molecular formula is C15H16N4S. The maximum Gasteiger partial charge on any atom is 0.141 e. The number of thiophene rings is 1. The van der Waals surface area contributed by atoms with Gasteiger partial charge in [0.2, 0.25) is 0 Å². The molecular weight excluding hydrogens is 268 g/mol. The van der Waals surface area contributed by atoms with E-state index in [-0.39, 0.29) is 6.04 Å². The summed E-state index contributed by atoms with van der Waals surface area (Å²) in [5, 5.41) is 3.18. The highest BCUT2D eigenvalue weighted by Gasteiger charge is 2.18. The van der Waals surface area contributed by atoms with E-state index >= 15 is 0 Å². The summed E-state index contributed by atoms with van der Waals surface area (Å²) in [7, 11) is 0. The van der Waals surface area contributed by atoms with E-state index in [4.69, 9.17) is 0 Å². The molecule has 0 spiro atoms. The van der Waals surface area contributed by atoms with E-state index in [1.807, 2.05) is 12.3 Å². The molecule has 20 heavy (non-hydrogen) atoms. The second kappa shape index (κ2) is 5.54. The summed E-state index contributed by atoms with van der Waals surface area (Å²) < 4.78 is 0. The summed E-state index contributed by atoms with van der Waals surface area (Å²) in [5.41, 5.74) is 1.19. The van der Waals surface area contributed by atoms with Gasteiger partial charge in [-0.15, -0.1) is 11.3 Å². The Bertz CT molecular complexity index is 695. The molecule has 0 saturated heterocycles. The largest absolute Gasteiger partial charge is 0.349 e. The molecule has 3 rings (SSSR count). The van der Waals surface area contributed by atoms with Crippen LogP contribution >= 0.6 is 11.3 Å². The topological polar surface area (TPSA) is 41.9 Å². The molecule has 0 aliphatic rings. The molecule has 0 fully saturated rings. The van der Waals surface area contributed by atoms with E-state index in [2.05, 4.69) is 51.2 Å². The summed E-state index contributed by atoms with van der Waals surface area (Å²) in [6.45, 7) is 5.21. The second-order valence-corrected chi connectivity index (χ2v) is 5.48. The third-order valence-electron chi connectivity index (χ3n) is 3.49. The van der Waals surface area contributed by atoms with Crippen LogP contribution in [0.3, 0.4) is 0 Å². The van der Waals surface area contributed by atoms with Crippen molar-refractivity contribution >= 4 is 27.4 Å². The standard InChI is InChI=1S/C15H16N4S/c1-3-19(11(2)12-5-4-7-16-9-12)14-13-6-8-20-15(13)18-10-17-14/h4-11H,3H2,1-2H3. The molecule has 0 bridgehead atoms. The zero-order valence-corrected chi connectivity index (χ0v) is 12.3. The van der Waals surface area contributed by atoms with Gasteiger partial charge in [-0.05, 0) is 36.9 Å². The lowest BCUT2D eigenvalue weighted by molar-refractivity contribution is 0.679. The third-order valence-corrected chi connectivity index (χ3v) is 4.31. The van der Waals surface area contributed by atoms with Crippen LogP contribution in [0.25, 0.3) is 10.2 Å². The lowest BCUT2D eigenvalue weighted by Crippen LogP contribution is -2.27. The van der Waals surface area contributed by atoms with E-state index in [0.717, 1.165) is 22.6 Å². The quantitative estimate of drug-likeness (QED) is 0.733. The van der Waals surface area contributed by atoms with E-state index in [1.165, 1.54) is 5.56 Å². The van der Waals surface area contributed by atoms with Gasteiger partial charge in [-0.3, -0.25) is 4.98 Å². The van der Waals surface area contributed by atoms with Crippen LogP contribution in [-0.4, -0.2) is 21.5 Å². The van der Waals surface area contributed by atoms with Gasteiger partial charge >= 0.3 is 0 Å². The molecule has 3 aromatic heterocycles. The average molecular weight is 284 g/mol. The SMILES string of the molecule is CCN(c1ncnc2sccc12)C(C)c1cccnc1. The summed E-state index contributed by atoms with van der Waals surface area (Å²) in [5.74, 6) is 0.995. The predicted octanol–water partition coefficient (Wildman–Crippen LogP) is 3.67. The van der Waals surface area contributed by atoms with Crippen LogP contribution in [0, 0.1) is 0 Å². The molecule has 3 aromatic rings. The van der Waals surface area contributed by atoms with Crippen molar-refractivity contribution in [1.82, 2.24) is 15.0 Å². The van der Waals surface area contributed by atoms with E-state index < -0.39 is 0 Å². The molecule has 4 nitrogen and oxygen atoms in total. The molecule has 0 saturated carbocycles. The van der Waals surface area contributed by atoms with Crippen molar-refractivity contribution in [2.24, 2.45) is 0 Å². The average Bonchev–Trinajstić information content (AvgIpc) is 2.98. The third kappa shape index (κ3) is 2.25. The number of nitrogens with zero attached hydrogens (tertiary/aromatic N) is 4. The maximum atomic E-state index is 4.50. The Hall–Kier alpha value is -2.01. The molecule has 5 heteroatoms. The zero-order chi connectivity index (χ0) is 13.9. The van der Waals surface area contributed by atoms with Crippen LogP contribution in [0.4, 0.5) is 5.82 Å². The molecule has 0 aliphatic heterocycles. The van der Waals surface area contributed by atoms with Gasteiger partial charge in [-0.2, -0.15) is 0 Å². The summed E-state index contributed by atoms with van der Waals surface area (Å²) in [6, 6.07) is 6.40. The molecule has 1 atom stereocenters. The predicted molar refractivity (Wildman–Crippen MR) is 83.1 cm³/mol. The van der Waals surface area contributed by atoms with Crippen LogP contribution in [0.1, 0.15) is 25.5 Å². The zero-order valence-electron chi connectivity index (χ0n) is 11.5. The molecule has 0 N–H and O–H groups in total. The smallest absolute Gasteiger partial charge is 0.141 e. The van der Waals surface area contributed by atoms with Crippen LogP contribution in [0.15, 0.2) is 42.3 Å². The van der Waals surface area contributed by atoms with E-state index in [9.17, 15) is 0 Å². The molecule has 102 valence electrons. The highest BCUT2D eigenvalue weighted by molar-refractivity contribution is 7.16. The number of hydrogen-bond donors (Lipinski definition) is 0. The van der Waals surface area contributed by atoms with Gasteiger partial charge in [0.1, 0.15) is 17.0 Å². The summed E-state index contributed by atoms with van der Waals surface area (Å²) >= 11 is 1.65. The normalized spacial score (nSPS) is 12.5. The van der Waals surface area contributed by atoms with Crippen LogP contribution in [0.5, 0.6) is 0 Å². The van der Waals surface area contributed by atoms with Crippen molar-refractivity contribution in [1.29, 1.82) is 0 Å². The Balaban J connectivity index is 2.03. The Morgan fingerprint density at radius 3 is 2.95 bits per heavy atom. The van der Waals surface area contributed by atoms with E-state index in [0.29, 0.717) is 0 Å². The van der Waals surface area contributed by atoms with Crippen LogP contribution in [-0.2, 0) is 0 Å². The van der Waals surface area contributed by atoms with Crippen molar-refractivity contribution in [3.8, 4) is 0 Å². The van der Waals surface area contributed by atoms with Gasteiger partial charge in [-0.1, -0.05) is 6.07 Å². The number of hydrogen-bond acceptors (Lipinski definition) is 5. The Kier molecular flexibility index (Phi) is 3.60. The van der Waals surface area contributed by atoms with Crippen molar-refractivity contribution in [3.63, 3.8) is 0 Å². The minimum absolute atomic E-state index is 0.228. The lowest BCUT2D eigenvalue weighted by Gasteiger charge is -2.29. The molecule has 1 unspecified atom stereocenters. The number of aromatic nitrogens is 3. The van der Waals surface area contributed by atoms with Crippen molar-refractivity contribution in [2.45, 2.75) is 19.9 Å². The minimum Gasteiger partial charge on any atom is -0.349 e. The first kappa shape index (κ1) is 13.0. The fourth-order valence-electron chi connectivity index (χ4n) is 2.42. The molecule has 0 aliphatic carbocycles.